The van der Waals surface area contributed by atoms with Crippen molar-refractivity contribution in [2.45, 2.75) is 19.8 Å². The van der Waals surface area contributed by atoms with Crippen molar-refractivity contribution in [3.05, 3.63) is 24.0 Å². The zero-order chi connectivity index (χ0) is 9.40. The van der Waals surface area contributed by atoms with Gasteiger partial charge in [-0.15, -0.1) is 0 Å². The Morgan fingerprint density at radius 3 is 2.67 bits per heavy atom. The summed E-state index contributed by atoms with van der Waals surface area (Å²) in [6, 6.07) is 0. The van der Waals surface area contributed by atoms with Gasteiger partial charge in [0.05, 0.1) is 0 Å². The van der Waals surface area contributed by atoms with Gasteiger partial charge in [-0.1, -0.05) is 25.5 Å². The highest BCUT2D eigenvalue weighted by atomic mass is 17.1. The fourth-order valence-electron chi connectivity index (χ4n) is 0.559. The molecule has 0 rings (SSSR count). The summed E-state index contributed by atoms with van der Waals surface area (Å²) in [5.41, 5.74) is 0. The monoisotopic (exact) mass is 172 g/mol. The molecular formula is C8H12O4. The molecule has 4 heteroatoms. The largest absolute Gasteiger partial charge is 0.475 e. The number of carbonyl (C=O) groups is 1. The van der Waals surface area contributed by atoms with Gasteiger partial charge in [-0.25, -0.2) is 10.1 Å². The quantitative estimate of drug-likeness (QED) is 0.218. The predicted molar refractivity (Wildman–Crippen MR) is 43.5 cm³/mol. The van der Waals surface area contributed by atoms with Crippen molar-refractivity contribution in [3.8, 4) is 0 Å². The SMILES string of the molecule is CCCC=CC=C(OO)C(=O)O. The first-order chi connectivity index (χ1) is 5.72. The molecule has 0 unspecified atom stereocenters. The molecule has 0 aromatic heterocycles. The molecule has 2 N–H and O–H groups in total. The number of rotatable bonds is 5. The minimum atomic E-state index is -1.29. The Bertz CT molecular complexity index is 193. The van der Waals surface area contributed by atoms with E-state index in [0.29, 0.717) is 0 Å². The van der Waals surface area contributed by atoms with Gasteiger partial charge in [-0.3, -0.25) is 0 Å². The summed E-state index contributed by atoms with van der Waals surface area (Å²) >= 11 is 0. The highest BCUT2D eigenvalue weighted by molar-refractivity contribution is 5.84. The highest BCUT2D eigenvalue weighted by Gasteiger charge is 2.05. The number of hydrogen-bond acceptors (Lipinski definition) is 3. The molecule has 0 aromatic rings. The van der Waals surface area contributed by atoms with Crippen LogP contribution in [0.3, 0.4) is 0 Å². The average molecular weight is 172 g/mol. The topological polar surface area (TPSA) is 66.8 Å². The second kappa shape index (κ2) is 6.42. The third-order valence-electron chi connectivity index (χ3n) is 1.15. The van der Waals surface area contributed by atoms with Crippen LogP contribution in [0.15, 0.2) is 24.0 Å². The van der Waals surface area contributed by atoms with Crippen molar-refractivity contribution in [1.82, 2.24) is 0 Å². The van der Waals surface area contributed by atoms with Gasteiger partial charge in [0.15, 0.2) is 0 Å². The molecule has 0 aliphatic carbocycles. The summed E-state index contributed by atoms with van der Waals surface area (Å²) in [6.07, 6.45) is 6.38. The lowest BCUT2D eigenvalue weighted by molar-refractivity contribution is -0.210. The number of unbranched alkanes of at least 4 members (excludes halogenated alkanes) is 1. The van der Waals surface area contributed by atoms with E-state index in [4.69, 9.17) is 10.4 Å². The molecule has 0 bridgehead atoms. The molecule has 0 saturated heterocycles. The minimum absolute atomic E-state index is 0.484. The van der Waals surface area contributed by atoms with Crippen molar-refractivity contribution in [2.24, 2.45) is 0 Å². The zero-order valence-corrected chi connectivity index (χ0v) is 6.86. The fourth-order valence-corrected chi connectivity index (χ4v) is 0.559. The summed E-state index contributed by atoms with van der Waals surface area (Å²) in [4.78, 5) is 13.8. The van der Waals surface area contributed by atoms with Crippen LogP contribution >= 0.6 is 0 Å². The first kappa shape index (κ1) is 10.7. The van der Waals surface area contributed by atoms with E-state index in [1.165, 1.54) is 12.2 Å². The van der Waals surface area contributed by atoms with Gasteiger partial charge in [0, 0.05) is 0 Å². The number of aliphatic carboxylic acids is 1. The first-order valence-corrected chi connectivity index (χ1v) is 3.64. The molecule has 68 valence electrons. The molecule has 0 spiro atoms. The van der Waals surface area contributed by atoms with Gasteiger partial charge >= 0.3 is 5.97 Å². The number of hydrogen-bond donors (Lipinski definition) is 2. The summed E-state index contributed by atoms with van der Waals surface area (Å²) < 4.78 is 0. The molecule has 0 aliphatic rings. The van der Waals surface area contributed by atoms with Crippen molar-refractivity contribution in [2.75, 3.05) is 0 Å². The smallest absolute Gasteiger partial charge is 0.375 e. The molecule has 0 amide bonds. The number of carboxylic acids is 1. The van der Waals surface area contributed by atoms with Crippen LogP contribution in [0.4, 0.5) is 0 Å². The van der Waals surface area contributed by atoms with Crippen LogP contribution in [0, 0.1) is 0 Å². The Morgan fingerprint density at radius 2 is 2.25 bits per heavy atom. The second-order valence-electron chi connectivity index (χ2n) is 2.14. The summed E-state index contributed by atoms with van der Waals surface area (Å²) in [7, 11) is 0. The molecule has 0 aromatic carbocycles. The van der Waals surface area contributed by atoms with Gasteiger partial charge < -0.3 is 9.99 Å². The van der Waals surface area contributed by atoms with Crippen LogP contribution < -0.4 is 0 Å². The van der Waals surface area contributed by atoms with E-state index in [1.807, 2.05) is 6.92 Å². The van der Waals surface area contributed by atoms with Gasteiger partial charge in [0.25, 0.3) is 0 Å². The average Bonchev–Trinajstić information content (AvgIpc) is 2.04. The Balaban J connectivity index is 4.02. The molecular weight excluding hydrogens is 160 g/mol. The Kier molecular flexibility index (Phi) is 5.73. The van der Waals surface area contributed by atoms with Crippen molar-refractivity contribution < 1.29 is 20.0 Å². The third-order valence-corrected chi connectivity index (χ3v) is 1.15. The normalized spacial score (nSPS) is 12.0. The second-order valence-corrected chi connectivity index (χ2v) is 2.14. The zero-order valence-electron chi connectivity index (χ0n) is 6.86. The van der Waals surface area contributed by atoms with Crippen molar-refractivity contribution >= 4 is 5.97 Å². The molecule has 0 saturated carbocycles. The van der Waals surface area contributed by atoms with E-state index in [1.54, 1.807) is 6.08 Å². The fraction of sp³-hybridized carbons (Fsp3) is 0.375. The van der Waals surface area contributed by atoms with Crippen molar-refractivity contribution in [3.63, 3.8) is 0 Å². The standard InChI is InChI=1S/C8H12O4/c1-2-3-4-5-6-7(12-11)8(9)10/h4-6,11H,2-3H2,1H3,(H,9,10). The lowest BCUT2D eigenvalue weighted by atomic mass is 10.3. The highest BCUT2D eigenvalue weighted by Crippen LogP contribution is 1.96. The van der Waals surface area contributed by atoms with E-state index in [2.05, 4.69) is 4.89 Å². The molecule has 0 radical (unpaired) electrons. The maximum Gasteiger partial charge on any atom is 0.375 e. The van der Waals surface area contributed by atoms with Gasteiger partial charge in [0.1, 0.15) is 0 Å². The van der Waals surface area contributed by atoms with Crippen LogP contribution in [0.25, 0.3) is 0 Å². The molecule has 0 heterocycles. The van der Waals surface area contributed by atoms with Crippen LogP contribution in [0.1, 0.15) is 19.8 Å². The van der Waals surface area contributed by atoms with E-state index < -0.39 is 11.7 Å². The first-order valence-electron chi connectivity index (χ1n) is 3.64. The lowest BCUT2D eigenvalue weighted by Gasteiger charge is -1.92. The van der Waals surface area contributed by atoms with Crippen LogP contribution in [-0.2, 0) is 9.68 Å². The van der Waals surface area contributed by atoms with E-state index in [9.17, 15) is 4.79 Å². The van der Waals surface area contributed by atoms with Gasteiger partial charge in [-0.05, 0) is 12.5 Å². The predicted octanol–water partition coefficient (Wildman–Crippen LogP) is 1.80. The molecule has 12 heavy (non-hydrogen) atoms. The third kappa shape index (κ3) is 4.51. The van der Waals surface area contributed by atoms with Crippen LogP contribution in [-0.4, -0.2) is 16.3 Å². The number of allylic oxidation sites excluding steroid dienone is 3. The van der Waals surface area contributed by atoms with E-state index in [-0.39, 0.29) is 0 Å². The van der Waals surface area contributed by atoms with Crippen LogP contribution in [0.2, 0.25) is 0 Å². The maximum absolute atomic E-state index is 10.2. The van der Waals surface area contributed by atoms with E-state index in [0.717, 1.165) is 12.8 Å². The van der Waals surface area contributed by atoms with Gasteiger partial charge in [0.2, 0.25) is 5.76 Å². The van der Waals surface area contributed by atoms with E-state index >= 15 is 0 Å². The number of carboxylic acid groups (broad SMARTS) is 1. The molecule has 0 fully saturated rings. The molecule has 0 atom stereocenters. The van der Waals surface area contributed by atoms with Gasteiger partial charge in [-0.2, -0.15) is 0 Å². The minimum Gasteiger partial charge on any atom is -0.475 e. The molecule has 4 nitrogen and oxygen atoms in total. The van der Waals surface area contributed by atoms with Crippen LogP contribution in [0.5, 0.6) is 0 Å². The lowest BCUT2D eigenvalue weighted by Crippen LogP contribution is -2.01. The Labute approximate surface area is 70.7 Å². The van der Waals surface area contributed by atoms with Crippen molar-refractivity contribution in [1.29, 1.82) is 0 Å². The summed E-state index contributed by atoms with van der Waals surface area (Å²) in [6.45, 7) is 2.01. The summed E-state index contributed by atoms with van der Waals surface area (Å²) in [5.74, 6) is -1.78. The Hall–Kier alpha value is -1.29. The molecule has 0 aliphatic heterocycles. The summed E-state index contributed by atoms with van der Waals surface area (Å²) in [5, 5.41) is 16.4. The Morgan fingerprint density at radius 1 is 1.58 bits per heavy atom. The maximum atomic E-state index is 10.2.